The summed E-state index contributed by atoms with van der Waals surface area (Å²) in [6.45, 7) is 7.87. The summed E-state index contributed by atoms with van der Waals surface area (Å²) >= 11 is 0. The van der Waals surface area contributed by atoms with E-state index in [0.29, 0.717) is 38.2 Å². The third kappa shape index (κ3) is 9.28. The molecule has 0 radical (unpaired) electrons. The number of aryl methyl sites for hydroxylation is 1. The first-order chi connectivity index (χ1) is 14.7. The monoisotopic (exact) mass is 459 g/mol. The number of likely N-dealkylation sites (tertiary alicyclic amines) is 1. The number of nitrogens with two attached hydrogens (primary N) is 1. The van der Waals surface area contributed by atoms with Crippen LogP contribution in [0.25, 0.3) is 0 Å². The highest BCUT2D eigenvalue weighted by molar-refractivity contribution is 7.89. The zero-order valence-corrected chi connectivity index (χ0v) is 19.1. The Bertz CT molecular complexity index is 867. The fourth-order valence-electron chi connectivity index (χ4n) is 2.80. The summed E-state index contributed by atoms with van der Waals surface area (Å²) in [5.74, 6) is -2.04. The Kier molecular flexibility index (Phi) is 11.6. The Morgan fingerprint density at radius 3 is 2.06 bits per heavy atom. The minimum Gasteiger partial charge on any atom is -0.380 e. The molecule has 0 saturated carbocycles. The van der Waals surface area contributed by atoms with Crippen molar-refractivity contribution in [2.24, 2.45) is 5.14 Å². The zero-order valence-electron chi connectivity index (χ0n) is 18.2. The molecule has 0 aliphatic carbocycles. The van der Waals surface area contributed by atoms with Gasteiger partial charge < -0.3 is 5.32 Å². The number of sulfonamides is 1. The van der Waals surface area contributed by atoms with E-state index in [0.717, 1.165) is 6.42 Å². The number of benzene rings is 2. The molecule has 0 unspecified atom stereocenters. The van der Waals surface area contributed by atoms with Gasteiger partial charge >= 0.3 is 0 Å². The lowest BCUT2D eigenvalue weighted by Gasteiger charge is -2.34. The van der Waals surface area contributed by atoms with Crippen molar-refractivity contribution in [3.05, 3.63) is 59.7 Å². The molecule has 1 heterocycles. The van der Waals surface area contributed by atoms with Crippen LogP contribution in [0.5, 0.6) is 0 Å². The predicted octanol–water partition coefficient (Wildman–Crippen LogP) is 4.34. The van der Waals surface area contributed by atoms with Gasteiger partial charge in [-0.1, -0.05) is 51.1 Å². The van der Waals surface area contributed by atoms with Crippen molar-refractivity contribution in [3.63, 3.8) is 0 Å². The maximum atomic E-state index is 13.7. The van der Waals surface area contributed by atoms with Gasteiger partial charge in [0, 0.05) is 26.2 Å². The Morgan fingerprint density at radius 1 is 1.10 bits per heavy atom. The number of alkyl halides is 1. The number of hydrogen-bond acceptors (Lipinski definition) is 4. The van der Waals surface area contributed by atoms with Gasteiger partial charge in [-0.15, -0.1) is 0 Å². The highest BCUT2D eigenvalue weighted by Crippen LogP contribution is 2.22. The van der Waals surface area contributed by atoms with Crippen LogP contribution in [0.4, 0.5) is 18.9 Å². The zero-order chi connectivity index (χ0) is 23.4. The van der Waals surface area contributed by atoms with Crippen LogP contribution in [-0.2, 0) is 16.4 Å². The lowest BCUT2D eigenvalue weighted by molar-refractivity contribution is 0.0657. The molecule has 0 aromatic heterocycles. The SMILES string of the molecule is CC.CCc1ccccc1.NS(=O)(=O)c1cc(F)c(NCCCN2CC(F)C2)c(F)c1. The maximum Gasteiger partial charge on any atom is 0.238 e. The number of nitrogens with zero attached hydrogens (tertiary/aromatic N) is 1. The molecule has 1 aliphatic heterocycles. The van der Waals surface area contributed by atoms with E-state index < -0.39 is 38.4 Å². The average Bonchev–Trinajstić information content (AvgIpc) is 2.73. The fraction of sp³-hybridized carbons (Fsp3) is 0.455. The van der Waals surface area contributed by atoms with Crippen molar-refractivity contribution in [1.29, 1.82) is 0 Å². The lowest BCUT2D eigenvalue weighted by Crippen LogP contribution is -2.48. The van der Waals surface area contributed by atoms with Crippen LogP contribution in [0.15, 0.2) is 47.4 Å². The molecular formula is C22H32F3N3O2S. The molecule has 174 valence electrons. The summed E-state index contributed by atoms with van der Waals surface area (Å²) < 4.78 is 62.0. The summed E-state index contributed by atoms with van der Waals surface area (Å²) in [4.78, 5) is 1.28. The largest absolute Gasteiger partial charge is 0.380 e. The number of rotatable bonds is 7. The molecule has 2 aromatic carbocycles. The van der Waals surface area contributed by atoms with Crippen LogP contribution in [-0.4, -0.2) is 45.7 Å². The number of halogens is 3. The molecule has 31 heavy (non-hydrogen) atoms. The summed E-state index contributed by atoms with van der Waals surface area (Å²) in [5, 5.41) is 7.38. The highest BCUT2D eigenvalue weighted by atomic mass is 32.2. The van der Waals surface area contributed by atoms with E-state index in [1.165, 1.54) is 5.56 Å². The van der Waals surface area contributed by atoms with Gasteiger partial charge in [0.25, 0.3) is 0 Å². The molecule has 0 amide bonds. The molecule has 2 aromatic rings. The molecule has 1 saturated heterocycles. The lowest BCUT2D eigenvalue weighted by atomic mass is 10.2. The highest BCUT2D eigenvalue weighted by Gasteiger charge is 2.25. The number of anilines is 1. The summed E-state index contributed by atoms with van der Waals surface area (Å²) in [5.41, 5.74) is 1.02. The van der Waals surface area contributed by atoms with Crippen LogP contribution < -0.4 is 10.5 Å². The van der Waals surface area contributed by atoms with E-state index in [4.69, 9.17) is 5.14 Å². The van der Waals surface area contributed by atoms with Crippen LogP contribution in [0.2, 0.25) is 0 Å². The fourth-order valence-corrected chi connectivity index (χ4v) is 3.34. The molecule has 3 rings (SSSR count). The molecule has 1 aliphatic rings. The van der Waals surface area contributed by atoms with Gasteiger partial charge in [-0.2, -0.15) is 0 Å². The van der Waals surface area contributed by atoms with Gasteiger partial charge in [-0.25, -0.2) is 26.7 Å². The molecule has 1 fully saturated rings. The number of hydrogen-bond donors (Lipinski definition) is 2. The topological polar surface area (TPSA) is 75.4 Å². The minimum absolute atomic E-state index is 0.288. The van der Waals surface area contributed by atoms with Crippen molar-refractivity contribution in [1.82, 2.24) is 4.90 Å². The molecular weight excluding hydrogens is 427 g/mol. The first kappa shape index (κ1) is 26.9. The van der Waals surface area contributed by atoms with Crippen molar-refractivity contribution in [2.75, 3.05) is 31.5 Å². The number of nitrogens with one attached hydrogen (secondary N) is 1. The van der Waals surface area contributed by atoms with Crippen LogP contribution in [0, 0.1) is 11.6 Å². The third-order valence-electron chi connectivity index (χ3n) is 4.46. The van der Waals surface area contributed by atoms with Crippen LogP contribution in [0.1, 0.15) is 32.8 Å². The maximum absolute atomic E-state index is 13.7. The van der Waals surface area contributed by atoms with Gasteiger partial charge in [-0.05, 0) is 30.5 Å². The quantitative estimate of drug-likeness (QED) is 0.604. The minimum atomic E-state index is -4.15. The van der Waals surface area contributed by atoms with Gasteiger partial charge in [0.2, 0.25) is 10.0 Å². The van der Waals surface area contributed by atoms with E-state index in [2.05, 4.69) is 36.5 Å². The van der Waals surface area contributed by atoms with Gasteiger partial charge in [-0.3, -0.25) is 4.90 Å². The average molecular weight is 460 g/mol. The normalized spacial score (nSPS) is 13.9. The third-order valence-corrected chi connectivity index (χ3v) is 5.35. The molecule has 3 N–H and O–H groups in total. The van der Waals surface area contributed by atoms with Gasteiger partial charge in [0.1, 0.15) is 11.9 Å². The summed E-state index contributed by atoms with van der Waals surface area (Å²) in [6.07, 6.45) is 0.947. The molecule has 9 heteroatoms. The van der Waals surface area contributed by atoms with Crippen LogP contribution in [0.3, 0.4) is 0 Å². The summed E-state index contributed by atoms with van der Waals surface area (Å²) in [7, 11) is -4.15. The Balaban J connectivity index is 0.000000400. The Labute approximate surface area is 183 Å². The van der Waals surface area contributed by atoms with E-state index in [9.17, 15) is 21.6 Å². The second-order valence-corrected chi connectivity index (χ2v) is 8.34. The van der Waals surface area contributed by atoms with E-state index in [1.807, 2.05) is 24.8 Å². The van der Waals surface area contributed by atoms with Gasteiger partial charge in [0.15, 0.2) is 11.6 Å². The first-order valence-electron chi connectivity index (χ1n) is 10.4. The first-order valence-corrected chi connectivity index (χ1v) is 11.9. The number of primary sulfonamides is 1. The molecule has 0 spiro atoms. The summed E-state index contributed by atoms with van der Waals surface area (Å²) in [6, 6.07) is 11.8. The van der Waals surface area contributed by atoms with Gasteiger partial charge in [0.05, 0.1) is 4.90 Å². The van der Waals surface area contributed by atoms with Crippen molar-refractivity contribution < 1.29 is 21.6 Å². The van der Waals surface area contributed by atoms with Crippen molar-refractivity contribution in [2.45, 2.75) is 44.7 Å². The Morgan fingerprint density at radius 2 is 1.65 bits per heavy atom. The van der Waals surface area contributed by atoms with Crippen molar-refractivity contribution >= 4 is 15.7 Å². The van der Waals surface area contributed by atoms with E-state index >= 15 is 0 Å². The second kappa shape index (κ2) is 13.3. The smallest absolute Gasteiger partial charge is 0.238 e. The van der Waals surface area contributed by atoms with E-state index in [1.54, 1.807) is 0 Å². The molecule has 0 atom stereocenters. The standard InChI is InChI=1S/C12H16F3N3O2S.C8H10.C2H6/c13-8-6-18(7-8)3-1-2-17-12-10(14)4-9(5-11(12)15)21(16,19)20;1-2-8-6-4-3-5-7-8;1-2/h4-5,8,17H,1-3,6-7H2,(H2,16,19,20);3-7H,2H2,1H3;1-2H3. The van der Waals surface area contributed by atoms with Crippen molar-refractivity contribution in [3.8, 4) is 0 Å². The molecule has 0 bridgehead atoms. The predicted molar refractivity (Wildman–Crippen MR) is 119 cm³/mol. The second-order valence-electron chi connectivity index (χ2n) is 6.78. The van der Waals surface area contributed by atoms with E-state index in [-0.39, 0.29) is 6.54 Å². The van der Waals surface area contributed by atoms with Crippen LogP contribution >= 0.6 is 0 Å². The molecule has 5 nitrogen and oxygen atoms in total. The Hall–Kier alpha value is -2.10.